The molecule has 0 aliphatic heterocycles. The molecule has 1 unspecified atom stereocenters. The molecule has 16 heavy (non-hydrogen) atoms. The SMILES string of the molecule is CCc1ccccc1C(=O)NCC(O)CC. The largest absolute Gasteiger partial charge is 0.391 e. The summed E-state index contributed by atoms with van der Waals surface area (Å²) < 4.78 is 0. The van der Waals surface area contributed by atoms with Gasteiger partial charge in [-0.3, -0.25) is 4.79 Å². The molecule has 1 atom stereocenters. The Morgan fingerprint density at radius 2 is 2.06 bits per heavy atom. The first-order chi connectivity index (χ1) is 7.69. The normalized spacial score (nSPS) is 12.2. The summed E-state index contributed by atoms with van der Waals surface area (Å²) in [6.45, 7) is 4.22. The molecule has 2 N–H and O–H groups in total. The van der Waals surface area contributed by atoms with Crippen molar-refractivity contribution in [1.82, 2.24) is 5.32 Å². The maximum Gasteiger partial charge on any atom is 0.251 e. The average molecular weight is 221 g/mol. The first-order valence-corrected chi connectivity index (χ1v) is 5.73. The van der Waals surface area contributed by atoms with Gasteiger partial charge < -0.3 is 10.4 Å². The predicted octanol–water partition coefficient (Wildman–Crippen LogP) is 1.75. The van der Waals surface area contributed by atoms with E-state index in [4.69, 9.17) is 0 Å². The zero-order valence-electron chi connectivity index (χ0n) is 9.86. The zero-order valence-corrected chi connectivity index (χ0v) is 9.86. The van der Waals surface area contributed by atoms with E-state index in [1.54, 1.807) is 0 Å². The lowest BCUT2D eigenvalue weighted by Gasteiger charge is -2.11. The number of aliphatic hydroxyl groups excluding tert-OH is 1. The smallest absolute Gasteiger partial charge is 0.251 e. The number of amides is 1. The average Bonchev–Trinajstić information content (AvgIpc) is 2.35. The van der Waals surface area contributed by atoms with Gasteiger partial charge in [-0.2, -0.15) is 0 Å². The molecule has 0 spiro atoms. The van der Waals surface area contributed by atoms with Crippen LogP contribution in [-0.4, -0.2) is 23.7 Å². The number of aliphatic hydroxyl groups is 1. The van der Waals surface area contributed by atoms with Crippen molar-refractivity contribution in [3.8, 4) is 0 Å². The Morgan fingerprint density at radius 3 is 2.69 bits per heavy atom. The van der Waals surface area contributed by atoms with Crippen molar-refractivity contribution < 1.29 is 9.90 Å². The minimum Gasteiger partial charge on any atom is -0.391 e. The Morgan fingerprint density at radius 1 is 1.38 bits per heavy atom. The standard InChI is InChI=1S/C13H19NO2/c1-3-10-7-5-6-8-12(10)13(16)14-9-11(15)4-2/h5-8,11,15H,3-4,9H2,1-2H3,(H,14,16). The van der Waals surface area contributed by atoms with E-state index in [9.17, 15) is 9.90 Å². The topological polar surface area (TPSA) is 49.3 Å². The van der Waals surface area contributed by atoms with Crippen molar-refractivity contribution >= 4 is 5.91 Å². The van der Waals surface area contributed by atoms with Crippen LogP contribution >= 0.6 is 0 Å². The number of aryl methyl sites for hydroxylation is 1. The molecule has 0 aromatic heterocycles. The van der Waals surface area contributed by atoms with Gasteiger partial charge in [0.2, 0.25) is 0 Å². The van der Waals surface area contributed by atoms with Gasteiger partial charge in [0.25, 0.3) is 5.91 Å². The molecular weight excluding hydrogens is 202 g/mol. The van der Waals surface area contributed by atoms with Crippen LogP contribution in [0.1, 0.15) is 36.2 Å². The maximum atomic E-state index is 11.8. The Hall–Kier alpha value is -1.35. The molecule has 1 rings (SSSR count). The van der Waals surface area contributed by atoms with E-state index >= 15 is 0 Å². The Balaban J connectivity index is 2.65. The number of carbonyl (C=O) groups excluding carboxylic acids is 1. The molecular formula is C13H19NO2. The van der Waals surface area contributed by atoms with Crippen molar-refractivity contribution in [3.05, 3.63) is 35.4 Å². The van der Waals surface area contributed by atoms with Gasteiger partial charge in [0.15, 0.2) is 0 Å². The summed E-state index contributed by atoms with van der Waals surface area (Å²) in [6, 6.07) is 7.54. The lowest BCUT2D eigenvalue weighted by molar-refractivity contribution is 0.0913. The Kier molecular flexibility index (Phi) is 4.99. The molecule has 0 saturated heterocycles. The van der Waals surface area contributed by atoms with E-state index < -0.39 is 6.10 Å². The summed E-state index contributed by atoms with van der Waals surface area (Å²) in [5.74, 6) is -0.107. The third-order valence-corrected chi connectivity index (χ3v) is 2.61. The number of hydrogen-bond donors (Lipinski definition) is 2. The van der Waals surface area contributed by atoms with Crippen LogP contribution in [0.25, 0.3) is 0 Å². The predicted molar refractivity (Wildman–Crippen MR) is 64.5 cm³/mol. The zero-order chi connectivity index (χ0) is 12.0. The minimum absolute atomic E-state index is 0.107. The van der Waals surface area contributed by atoms with Crippen LogP contribution in [0.5, 0.6) is 0 Å². The summed E-state index contributed by atoms with van der Waals surface area (Å²) in [5.41, 5.74) is 1.74. The molecule has 0 heterocycles. The van der Waals surface area contributed by atoms with E-state index in [0.717, 1.165) is 12.0 Å². The van der Waals surface area contributed by atoms with E-state index in [1.165, 1.54) is 0 Å². The van der Waals surface area contributed by atoms with Crippen molar-refractivity contribution in [2.24, 2.45) is 0 Å². The number of hydrogen-bond acceptors (Lipinski definition) is 2. The highest BCUT2D eigenvalue weighted by atomic mass is 16.3. The fourth-order valence-electron chi connectivity index (χ4n) is 1.50. The quantitative estimate of drug-likeness (QED) is 0.795. The van der Waals surface area contributed by atoms with Crippen LogP contribution in [-0.2, 0) is 6.42 Å². The summed E-state index contributed by atoms with van der Waals surface area (Å²) in [7, 11) is 0. The van der Waals surface area contributed by atoms with Crippen LogP contribution in [0.4, 0.5) is 0 Å². The molecule has 0 saturated carbocycles. The number of nitrogens with one attached hydrogen (secondary N) is 1. The molecule has 1 aromatic carbocycles. The first-order valence-electron chi connectivity index (χ1n) is 5.73. The molecule has 0 aliphatic carbocycles. The highest BCUT2D eigenvalue weighted by molar-refractivity contribution is 5.95. The second-order valence-electron chi connectivity index (χ2n) is 3.78. The van der Waals surface area contributed by atoms with Crippen molar-refractivity contribution in [2.45, 2.75) is 32.8 Å². The van der Waals surface area contributed by atoms with Gasteiger partial charge in [0.1, 0.15) is 0 Å². The molecule has 3 heteroatoms. The minimum atomic E-state index is -0.460. The summed E-state index contributed by atoms with van der Waals surface area (Å²) in [5, 5.41) is 12.1. The van der Waals surface area contributed by atoms with Crippen LogP contribution in [0.15, 0.2) is 24.3 Å². The van der Waals surface area contributed by atoms with Crippen LogP contribution in [0, 0.1) is 0 Å². The van der Waals surface area contributed by atoms with Gasteiger partial charge in [-0.05, 0) is 24.5 Å². The van der Waals surface area contributed by atoms with Gasteiger partial charge in [-0.25, -0.2) is 0 Å². The maximum absolute atomic E-state index is 11.8. The third kappa shape index (κ3) is 3.35. The molecule has 0 bridgehead atoms. The summed E-state index contributed by atoms with van der Waals surface area (Å²) in [6.07, 6.45) is 1.02. The second kappa shape index (κ2) is 6.28. The first kappa shape index (κ1) is 12.7. The van der Waals surface area contributed by atoms with E-state index in [2.05, 4.69) is 5.32 Å². The van der Waals surface area contributed by atoms with Crippen molar-refractivity contribution in [2.75, 3.05) is 6.54 Å². The molecule has 0 radical (unpaired) electrons. The van der Waals surface area contributed by atoms with E-state index in [1.807, 2.05) is 38.1 Å². The molecule has 3 nitrogen and oxygen atoms in total. The van der Waals surface area contributed by atoms with Crippen LogP contribution in [0.2, 0.25) is 0 Å². The molecule has 1 aromatic rings. The molecule has 1 amide bonds. The Labute approximate surface area is 96.5 Å². The summed E-state index contributed by atoms with van der Waals surface area (Å²) >= 11 is 0. The van der Waals surface area contributed by atoms with Gasteiger partial charge in [-0.1, -0.05) is 32.0 Å². The monoisotopic (exact) mass is 221 g/mol. The summed E-state index contributed by atoms with van der Waals surface area (Å²) in [4.78, 5) is 11.8. The van der Waals surface area contributed by atoms with Crippen molar-refractivity contribution in [3.63, 3.8) is 0 Å². The third-order valence-electron chi connectivity index (χ3n) is 2.61. The Bertz CT molecular complexity index is 350. The highest BCUT2D eigenvalue weighted by Crippen LogP contribution is 2.09. The van der Waals surface area contributed by atoms with Gasteiger partial charge >= 0.3 is 0 Å². The number of carbonyl (C=O) groups is 1. The lowest BCUT2D eigenvalue weighted by atomic mass is 10.0. The second-order valence-corrected chi connectivity index (χ2v) is 3.78. The lowest BCUT2D eigenvalue weighted by Crippen LogP contribution is -2.32. The molecule has 0 aliphatic rings. The van der Waals surface area contributed by atoms with E-state index in [0.29, 0.717) is 18.5 Å². The van der Waals surface area contributed by atoms with Gasteiger partial charge in [0.05, 0.1) is 6.10 Å². The highest BCUT2D eigenvalue weighted by Gasteiger charge is 2.10. The van der Waals surface area contributed by atoms with Gasteiger partial charge in [-0.15, -0.1) is 0 Å². The number of rotatable bonds is 5. The fraction of sp³-hybridized carbons (Fsp3) is 0.462. The van der Waals surface area contributed by atoms with Gasteiger partial charge in [0, 0.05) is 12.1 Å². The van der Waals surface area contributed by atoms with Crippen LogP contribution in [0.3, 0.4) is 0 Å². The molecule has 0 fully saturated rings. The molecule has 88 valence electrons. The van der Waals surface area contributed by atoms with E-state index in [-0.39, 0.29) is 5.91 Å². The van der Waals surface area contributed by atoms with Crippen LogP contribution < -0.4 is 5.32 Å². The van der Waals surface area contributed by atoms with Crippen molar-refractivity contribution in [1.29, 1.82) is 0 Å². The fourth-order valence-corrected chi connectivity index (χ4v) is 1.50. The number of benzene rings is 1.